The largest absolute Gasteiger partial charge is 0.458 e. The molecular weight excluding hydrogens is 192 g/mol. The summed E-state index contributed by atoms with van der Waals surface area (Å²) >= 11 is 0. The number of benzene rings is 1. The number of carbonyl (C=O) groups excluding carboxylic acids is 1. The first-order chi connectivity index (χ1) is 7.18. The molecule has 2 aromatic rings. The fourth-order valence-corrected chi connectivity index (χ4v) is 1.49. The molecule has 0 N–H and O–H groups in total. The summed E-state index contributed by atoms with van der Waals surface area (Å²) < 4.78 is 6.84. The molecule has 15 heavy (non-hydrogen) atoms. The quantitative estimate of drug-likeness (QED) is 0.698. The lowest BCUT2D eigenvalue weighted by Crippen LogP contribution is -2.04. The molecule has 0 unspecified atom stereocenters. The Balaban J connectivity index is 2.36. The highest BCUT2D eigenvalue weighted by Crippen LogP contribution is 2.14. The molecule has 0 saturated heterocycles. The number of aromatic nitrogens is 2. The lowest BCUT2D eigenvalue weighted by Gasteiger charge is -2.01. The van der Waals surface area contributed by atoms with Crippen LogP contribution in [0, 0.1) is 0 Å². The Morgan fingerprint density at radius 3 is 2.87 bits per heavy atom. The summed E-state index contributed by atoms with van der Waals surface area (Å²) in [5.74, 6) is 0.466. The highest BCUT2D eigenvalue weighted by molar-refractivity contribution is 5.75. The minimum Gasteiger partial charge on any atom is -0.458 e. The number of hydrogen-bond donors (Lipinski definition) is 0. The number of imidazole rings is 1. The Labute approximate surface area is 87.5 Å². The monoisotopic (exact) mass is 204 g/mol. The molecule has 0 bridgehead atoms. The maximum Gasteiger partial charge on any atom is 0.303 e. The number of nitrogens with zero attached hydrogens (tertiary/aromatic N) is 2. The molecule has 0 aliphatic carbocycles. The third-order valence-corrected chi connectivity index (χ3v) is 2.28. The van der Waals surface area contributed by atoms with Gasteiger partial charge < -0.3 is 9.30 Å². The first-order valence-corrected chi connectivity index (χ1v) is 4.72. The van der Waals surface area contributed by atoms with Gasteiger partial charge in [0.2, 0.25) is 0 Å². The fraction of sp³-hybridized carbons (Fsp3) is 0.273. The van der Waals surface area contributed by atoms with E-state index in [-0.39, 0.29) is 12.6 Å². The second-order valence-electron chi connectivity index (χ2n) is 3.36. The van der Waals surface area contributed by atoms with Gasteiger partial charge in [-0.3, -0.25) is 4.79 Å². The first kappa shape index (κ1) is 9.71. The molecule has 0 fully saturated rings. The molecule has 1 heterocycles. The van der Waals surface area contributed by atoms with Crippen molar-refractivity contribution in [3.8, 4) is 0 Å². The normalized spacial score (nSPS) is 10.5. The number of fused-ring (bicyclic) bond motifs is 1. The van der Waals surface area contributed by atoms with Gasteiger partial charge in [-0.2, -0.15) is 0 Å². The molecule has 1 aromatic heterocycles. The van der Waals surface area contributed by atoms with Gasteiger partial charge in [-0.15, -0.1) is 0 Å². The van der Waals surface area contributed by atoms with Crippen molar-refractivity contribution in [2.75, 3.05) is 0 Å². The minimum atomic E-state index is -0.290. The van der Waals surface area contributed by atoms with Gasteiger partial charge in [0.15, 0.2) is 0 Å². The summed E-state index contributed by atoms with van der Waals surface area (Å²) in [7, 11) is 1.91. The van der Waals surface area contributed by atoms with Crippen LogP contribution < -0.4 is 0 Å². The third kappa shape index (κ3) is 1.83. The fourth-order valence-electron chi connectivity index (χ4n) is 1.49. The predicted molar refractivity (Wildman–Crippen MR) is 56.2 cm³/mol. The summed E-state index contributed by atoms with van der Waals surface area (Å²) in [6.07, 6.45) is 0. The molecular formula is C11H12N2O2. The van der Waals surface area contributed by atoms with E-state index in [1.54, 1.807) is 0 Å². The number of esters is 1. The molecule has 4 nitrogen and oxygen atoms in total. The summed E-state index contributed by atoms with van der Waals surface area (Å²) in [5, 5.41) is 0. The van der Waals surface area contributed by atoms with E-state index in [0.717, 1.165) is 16.9 Å². The maximum atomic E-state index is 10.7. The summed E-state index contributed by atoms with van der Waals surface area (Å²) in [6.45, 7) is 1.61. The van der Waals surface area contributed by atoms with Crippen LogP contribution in [0.4, 0.5) is 0 Å². The molecule has 0 aliphatic heterocycles. The van der Waals surface area contributed by atoms with E-state index in [1.165, 1.54) is 6.92 Å². The van der Waals surface area contributed by atoms with Gasteiger partial charge in [-0.1, -0.05) is 12.1 Å². The molecule has 4 heteroatoms. The van der Waals surface area contributed by atoms with Crippen LogP contribution >= 0.6 is 0 Å². The molecule has 78 valence electrons. The Hall–Kier alpha value is -1.84. The van der Waals surface area contributed by atoms with Crippen LogP contribution in [0.3, 0.4) is 0 Å². The zero-order chi connectivity index (χ0) is 10.8. The van der Waals surface area contributed by atoms with Gasteiger partial charge >= 0.3 is 5.97 Å². The van der Waals surface area contributed by atoms with Gasteiger partial charge in [0.05, 0.1) is 11.0 Å². The average molecular weight is 204 g/mol. The van der Waals surface area contributed by atoms with Crippen LogP contribution in [-0.4, -0.2) is 15.5 Å². The molecule has 0 saturated carbocycles. The van der Waals surface area contributed by atoms with Crippen LogP contribution in [0.5, 0.6) is 0 Å². The van der Waals surface area contributed by atoms with Crippen molar-refractivity contribution in [2.24, 2.45) is 7.05 Å². The molecule has 2 rings (SSSR count). The van der Waals surface area contributed by atoms with E-state index < -0.39 is 0 Å². The van der Waals surface area contributed by atoms with Crippen molar-refractivity contribution < 1.29 is 9.53 Å². The van der Waals surface area contributed by atoms with Crippen molar-refractivity contribution in [1.29, 1.82) is 0 Å². The van der Waals surface area contributed by atoms with Crippen LogP contribution in [-0.2, 0) is 23.2 Å². The van der Waals surface area contributed by atoms with E-state index in [4.69, 9.17) is 4.74 Å². The standard InChI is InChI=1S/C11H12N2O2/c1-8(14)15-7-11-12-9-5-3-4-6-10(9)13(11)2/h3-6H,7H2,1-2H3. The zero-order valence-electron chi connectivity index (χ0n) is 8.73. The Kier molecular flexibility index (Phi) is 2.41. The summed E-state index contributed by atoms with van der Waals surface area (Å²) in [4.78, 5) is 15.1. The van der Waals surface area contributed by atoms with Crippen LogP contribution in [0.15, 0.2) is 24.3 Å². The van der Waals surface area contributed by atoms with E-state index in [1.807, 2.05) is 35.9 Å². The van der Waals surface area contributed by atoms with Crippen LogP contribution in [0.1, 0.15) is 12.7 Å². The number of rotatable bonds is 2. The number of hydrogen-bond acceptors (Lipinski definition) is 3. The molecule has 1 aromatic carbocycles. The van der Waals surface area contributed by atoms with E-state index >= 15 is 0 Å². The Bertz CT molecular complexity index is 502. The van der Waals surface area contributed by atoms with E-state index in [0.29, 0.717) is 0 Å². The summed E-state index contributed by atoms with van der Waals surface area (Å²) in [5.41, 5.74) is 1.96. The van der Waals surface area contributed by atoms with Gasteiger partial charge in [0.25, 0.3) is 0 Å². The maximum absolute atomic E-state index is 10.7. The number of aryl methyl sites for hydroxylation is 1. The SMILES string of the molecule is CC(=O)OCc1nc2ccccc2n1C. The van der Waals surface area contributed by atoms with Gasteiger partial charge in [-0.05, 0) is 12.1 Å². The van der Waals surface area contributed by atoms with Crippen LogP contribution in [0.25, 0.3) is 11.0 Å². The number of ether oxygens (including phenoxy) is 1. The molecule has 0 atom stereocenters. The second-order valence-corrected chi connectivity index (χ2v) is 3.36. The van der Waals surface area contributed by atoms with E-state index in [9.17, 15) is 4.79 Å². The molecule has 0 radical (unpaired) electrons. The highest BCUT2D eigenvalue weighted by Gasteiger charge is 2.07. The lowest BCUT2D eigenvalue weighted by atomic mass is 10.3. The van der Waals surface area contributed by atoms with Crippen molar-refractivity contribution in [3.05, 3.63) is 30.1 Å². The smallest absolute Gasteiger partial charge is 0.303 e. The van der Waals surface area contributed by atoms with Crippen molar-refractivity contribution >= 4 is 17.0 Å². The van der Waals surface area contributed by atoms with Gasteiger partial charge in [0, 0.05) is 14.0 Å². The van der Waals surface area contributed by atoms with Crippen molar-refractivity contribution in [3.63, 3.8) is 0 Å². The molecule has 0 aliphatic rings. The Morgan fingerprint density at radius 2 is 2.20 bits per heavy atom. The first-order valence-electron chi connectivity index (χ1n) is 4.72. The lowest BCUT2D eigenvalue weighted by molar-refractivity contribution is -0.142. The number of para-hydroxylation sites is 2. The third-order valence-electron chi connectivity index (χ3n) is 2.28. The topological polar surface area (TPSA) is 44.1 Å². The molecule has 0 spiro atoms. The highest BCUT2D eigenvalue weighted by atomic mass is 16.5. The number of carbonyl (C=O) groups is 1. The van der Waals surface area contributed by atoms with Crippen LogP contribution in [0.2, 0.25) is 0 Å². The van der Waals surface area contributed by atoms with Gasteiger partial charge in [0.1, 0.15) is 12.4 Å². The zero-order valence-corrected chi connectivity index (χ0v) is 8.73. The second kappa shape index (κ2) is 3.73. The van der Waals surface area contributed by atoms with E-state index in [2.05, 4.69) is 4.98 Å². The predicted octanol–water partition coefficient (Wildman–Crippen LogP) is 1.64. The molecule has 0 amide bonds. The minimum absolute atomic E-state index is 0.223. The van der Waals surface area contributed by atoms with Crippen molar-refractivity contribution in [1.82, 2.24) is 9.55 Å². The summed E-state index contributed by atoms with van der Waals surface area (Å²) in [6, 6.07) is 7.82. The van der Waals surface area contributed by atoms with Crippen molar-refractivity contribution in [2.45, 2.75) is 13.5 Å². The van der Waals surface area contributed by atoms with Gasteiger partial charge in [-0.25, -0.2) is 4.98 Å². The Morgan fingerprint density at radius 1 is 1.47 bits per heavy atom. The average Bonchev–Trinajstić information content (AvgIpc) is 2.54.